The van der Waals surface area contributed by atoms with Gasteiger partial charge in [-0.25, -0.2) is 4.98 Å². The van der Waals surface area contributed by atoms with Gasteiger partial charge in [0.05, 0.1) is 6.33 Å². The Labute approximate surface area is 160 Å². The van der Waals surface area contributed by atoms with Crippen molar-refractivity contribution in [3.63, 3.8) is 0 Å². The fourth-order valence-electron chi connectivity index (χ4n) is 2.87. The van der Waals surface area contributed by atoms with E-state index in [4.69, 9.17) is 23.7 Å². The first-order valence-electron chi connectivity index (χ1n) is 8.47. The quantitative estimate of drug-likeness (QED) is 0.481. The zero-order valence-electron chi connectivity index (χ0n) is 15.9. The number of esters is 4. The Balaban J connectivity index is 2.45. The van der Waals surface area contributed by atoms with Crippen molar-refractivity contribution in [2.24, 2.45) is 0 Å². The van der Waals surface area contributed by atoms with Crippen LogP contribution >= 0.6 is 0 Å². The first-order valence-corrected chi connectivity index (χ1v) is 8.47. The van der Waals surface area contributed by atoms with Crippen molar-refractivity contribution in [3.8, 4) is 0 Å². The lowest BCUT2D eigenvalue weighted by Gasteiger charge is -2.44. The molecule has 1 saturated heterocycles. The number of hydrogen-bond acceptors (Lipinski definition) is 10. The summed E-state index contributed by atoms with van der Waals surface area (Å²) in [6, 6.07) is 0. The van der Waals surface area contributed by atoms with Crippen molar-refractivity contribution in [3.05, 3.63) is 18.7 Å². The molecule has 1 aliphatic heterocycles. The van der Waals surface area contributed by atoms with E-state index < -0.39 is 54.5 Å². The standard InChI is InChI=1S/C17H22N2O9/c1-9(20)24-7-13-14(25-10(2)21)15(26-11(3)22)16(27-12(4)23)17(28-13)19-6-5-18-8-19/h5-6,8,13-17H,7H2,1-4H3/t13-,14-,15+,16-,17-/m1/s1. The number of hydrogen-bond donors (Lipinski definition) is 0. The van der Waals surface area contributed by atoms with Crippen LogP contribution in [0.4, 0.5) is 0 Å². The molecule has 0 radical (unpaired) electrons. The second-order valence-corrected chi connectivity index (χ2v) is 6.10. The number of imidazole rings is 1. The molecule has 0 spiro atoms. The summed E-state index contributed by atoms with van der Waals surface area (Å²) in [6.07, 6.45) is -1.03. The van der Waals surface area contributed by atoms with Crippen molar-refractivity contribution in [1.29, 1.82) is 0 Å². The molecule has 2 rings (SSSR count). The molecular formula is C17H22N2O9. The molecule has 11 nitrogen and oxygen atoms in total. The van der Waals surface area contributed by atoms with E-state index in [-0.39, 0.29) is 6.61 Å². The van der Waals surface area contributed by atoms with Crippen LogP contribution in [0.15, 0.2) is 18.7 Å². The SMILES string of the molecule is CC(=O)OC[C@H]1O[C@@H](n2ccnc2)[C@H](OC(C)=O)[C@@H](OC(C)=O)[C@@H]1OC(C)=O. The molecule has 11 heteroatoms. The van der Waals surface area contributed by atoms with Crippen molar-refractivity contribution >= 4 is 23.9 Å². The molecule has 0 N–H and O–H groups in total. The predicted octanol–water partition coefficient (Wildman–Crippen LogP) is 0.139. The average Bonchev–Trinajstić information content (AvgIpc) is 3.09. The molecule has 0 aromatic carbocycles. The van der Waals surface area contributed by atoms with Gasteiger partial charge in [-0.15, -0.1) is 0 Å². The van der Waals surface area contributed by atoms with Crippen LogP contribution in [0.5, 0.6) is 0 Å². The van der Waals surface area contributed by atoms with E-state index in [1.165, 1.54) is 37.9 Å². The van der Waals surface area contributed by atoms with Gasteiger partial charge in [0.1, 0.15) is 12.7 Å². The van der Waals surface area contributed by atoms with Gasteiger partial charge < -0.3 is 28.3 Å². The summed E-state index contributed by atoms with van der Waals surface area (Å²) < 4.78 is 28.4. The summed E-state index contributed by atoms with van der Waals surface area (Å²) in [5.74, 6) is -2.59. The molecule has 1 fully saturated rings. The Morgan fingerprint density at radius 3 is 1.96 bits per heavy atom. The van der Waals surface area contributed by atoms with E-state index in [0.717, 1.165) is 6.92 Å². The van der Waals surface area contributed by atoms with E-state index in [1.54, 1.807) is 6.20 Å². The number of rotatable bonds is 6. The van der Waals surface area contributed by atoms with Crippen LogP contribution in [0.25, 0.3) is 0 Å². The van der Waals surface area contributed by atoms with Crippen LogP contribution in [0, 0.1) is 0 Å². The molecule has 0 unspecified atom stereocenters. The lowest BCUT2D eigenvalue weighted by molar-refractivity contribution is -0.268. The molecule has 5 atom stereocenters. The van der Waals surface area contributed by atoms with Gasteiger partial charge >= 0.3 is 23.9 Å². The largest absolute Gasteiger partial charge is 0.463 e. The molecule has 28 heavy (non-hydrogen) atoms. The first-order chi connectivity index (χ1) is 13.2. The van der Waals surface area contributed by atoms with Crippen molar-refractivity contribution in [2.45, 2.75) is 58.3 Å². The van der Waals surface area contributed by atoms with Gasteiger partial charge in [0.2, 0.25) is 0 Å². The van der Waals surface area contributed by atoms with Crippen molar-refractivity contribution in [1.82, 2.24) is 9.55 Å². The zero-order valence-corrected chi connectivity index (χ0v) is 15.9. The molecule has 0 bridgehead atoms. The van der Waals surface area contributed by atoms with Gasteiger partial charge in [-0.05, 0) is 0 Å². The molecule has 1 aromatic heterocycles. The minimum atomic E-state index is -1.20. The molecule has 0 saturated carbocycles. The number of nitrogens with zero attached hydrogens (tertiary/aromatic N) is 2. The second kappa shape index (κ2) is 9.31. The lowest BCUT2D eigenvalue weighted by atomic mass is 9.97. The van der Waals surface area contributed by atoms with Gasteiger partial charge in [-0.1, -0.05) is 0 Å². The fraction of sp³-hybridized carbons (Fsp3) is 0.588. The Bertz CT molecular complexity index is 718. The Hall–Kier alpha value is -2.95. The molecule has 1 aromatic rings. The topological polar surface area (TPSA) is 132 Å². The second-order valence-electron chi connectivity index (χ2n) is 6.10. The Morgan fingerprint density at radius 1 is 0.893 bits per heavy atom. The van der Waals surface area contributed by atoms with Gasteiger partial charge in [-0.2, -0.15) is 0 Å². The molecule has 0 aliphatic carbocycles. The average molecular weight is 398 g/mol. The van der Waals surface area contributed by atoms with Gasteiger partial charge in [0.15, 0.2) is 24.5 Å². The number of ether oxygens (including phenoxy) is 5. The van der Waals surface area contributed by atoms with Crippen LogP contribution in [-0.2, 0) is 42.9 Å². The monoisotopic (exact) mass is 398 g/mol. The summed E-state index contributed by atoms with van der Waals surface area (Å²) >= 11 is 0. The number of carbonyl (C=O) groups is 4. The van der Waals surface area contributed by atoms with E-state index in [9.17, 15) is 19.2 Å². The van der Waals surface area contributed by atoms with Crippen molar-refractivity contribution in [2.75, 3.05) is 6.61 Å². The smallest absolute Gasteiger partial charge is 0.303 e. The van der Waals surface area contributed by atoms with E-state index >= 15 is 0 Å². The van der Waals surface area contributed by atoms with Gasteiger partial charge in [0.25, 0.3) is 0 Å². The zero-order chi connectivity index (χ0) is 20.8. The molecule has 154 valence electrons. The predicted molar refractivity (Wildman–Crippen MR) is 89.4 cm³/mol. The third-order valence-electron chi connectivity index (χ3n) is 3.79. The highest BCUT2D eigenvalue weighted by Gasteiger charge is 2.52. The van der Waals surface area contributed by atoms with E-state index in [2.05, 4.69) is 4.98 Å². The number of carbonyl (C=O) groups excluding carboxylic acids is 4. The summed E-state index contributed by atoms with van der Waals surface area (Å²) in [7, 11) is 0. The fourth-order valence-corrected chi connectivity index (χ4v) is 2.87. The highest BCUT2D eigenvalue weighted by Crippen LogP contribution is 2.34. The maximum absolute atomic E-state index is 11.7. The maximum Gasteiger partial charge on any atom is 0.303 e. The number of aromatic nitrogens is 2. The molecule has 1 aliphatic rings. The van der Waals surface area contributed by atoms with Crippen LogP contribution in [0.2, 0.25) is 0 Å². The summed E-state index contributed by atoms with van der Waals surface area (Å²) in [5, 5.41) is 0. The van der Waals surface area contributed by atoms with E-state index in [0.29, 0.717) is 0 Å². The van der Waals surface area contributed by atoms with Crippen LogP contribution in [0.1, 0.15) is 33.9 Å². The van der Waals surface area contributed by atoms with E-state index in [1.807, 2.05) is 0 Å². The Kier molecular flexibility index (Phi) is 7.10. The van der Waals surface area contributed by atoms with Crippen LogP contribution in [-0.4, -0.2) is 64.5 Å². The van der Waals surface area contributed by atoms with Gasteiger partial charge in [-0.3, -0.25) is 19.2 Å². The summed E-state index contributed by atoms with van der Waals surface area (Å²) in [6.45, 7) is 4.45. The highest BCUT2D eigenvalue weighted by molar-refractivity contribution is 5.68. The molecule has 2 heterocycles. The van der Waals surface area contributed by atoms with Crippen LogP contribution < -0.4 is 0 Å². The summed E-state index contributed by atoms with van der Waals surface area (Å²) in [4.78, 5) is 50.1. The van der Waals surface area contributed by atoms with Crippen molar-refractivity contribution < 1.29 is 42.9 Å². The van der Waals surface area contributed by atoms with Crippen LogP contribution in [0.3, 0.4) is 0 Å². The lowest BCUT2D eigenvalue weighted by Crippen LogP contribution is -2.60. The normalized spacial score (nSPS) is 26.8. The minimum absolute atomic E-state index is 0.275. The Morgan fingerprint density at radius 2 is 1.46 bits per heavy atom. The summed E-state index contributed by atoms with van der Waals surface area (Å²) in [5.41, 5.74) is 0. The third kappa shape index (κ3) is 5.52. The third-order valence-corrected chi connectivity index (χ3v) is 3.79. The first kappa shape index (κ1) is 21.4. The molecule has 0 amide bonds. The minimum Gasteiger partial charge on any atom is -0.463 e. The maximum atomic E-state index is 11.7. The molecular weight excluding hydrogens is 376 g/mol. The van der Waals surface area contributed by atoms with Gasteiger partial charge in [0, 0.05) is 40.1 Å². The highest BCUT2D eigenvalue weighted by atomic mass is 16.7.